The molecule has 0 saturated carbocycles. The highest BCUT2D eigenvalue weighted by Crippen LogP contribution is 2.51. The fraction of sp³-hybridized carbons (Fsp3) is 0.240. The molecule has 0 bridgehead atoms. The number of aromatic nitrogens is 1. The Balaban J connectivity index is 0.906. The van der Waals surface area contributed by atoms with E-state index in [9.17, 15) is 0 Å². The first-order valence-electron chi connectivity index (χ1n) is 20.1. The van der Waals surface area contributed by atoms with E-state index in [1.54, 1.807) is 0 Å². The summed E-state index contributed by atoms with van der Waals surface area (Å²) in [4.78, 5) is 10.9. The van der Waals surface area contributed by atoms with Gasteiger partial charge in [0.25, 0.3) is 0 Å². The van der Waals surface area contributed by atoms with Gasteiger partial charge in [-0.2, -0.15) is 0 Å². The lowest BCUT2D eigenvalue weighted by Crippen LogP contribution is -2.38. The summed E-state index contributed by atoms with van der Waals surface area (Å²) in [5.74, 6) is 3.41. The first kappa shape index (κ1) is 31.4. The number of aryl methyl sites for hydroxylation is 1. The second-order valence-corrected chi connectivity index (χ2v) is 16.1. The molecule has 4 atom stereocenters. The molecule has 5 heteroatoms. The number of pyridine rings is 1. The molecule has 55 heavy (non-hydrogen) atoms. The van der Waals surface area contributed by atoms with E-state index in [1.807, 2.05) is 6.26 Å². The quantitative estimate of drug-likeness (QED) is 0.223. The van der Waals surface area contributed by atoms with Crippen molar-refractivity contribution in [2.75, 3.05) is 0 Å². The van der Waals surface area contributed by atoms with Gasteiger partial charge in [-0.05, 0) is 132 Å². The van der Waals surface area contributed by atoms with E-state index < -0.39 is 0 Å². The number of hydrogen-bond donors (Lipinski definition) is 1. The molecular weight excluding hydrogens is 675 g/mol. The zero-order valence-electron chi connectivity index (χ0n) is 30.7. The van der Waals surface area contributed by atoms with Crippen LogP contribution in [0, 0.1) is 17.8 Å². The fourth-order valence-corrected chi connectivity index (χ4v) is 10.6. The predicted octanol–water partition coefficient (Wildman–Crippen LogP) is 11.4. The van der Waals surface area contributed by atoms with E-state index in [2.05, 4.69) is 121 Å². The first-order valence-corrected chi connectivity index (χ1v) is 20.1. The summed E-state index contributed by atoms with van der Waals surface area (Å²) in [5, 5.41) is 6.16. The van der Waals surface area contributed by atoms with Crippen LogP contribution in [0.15, 0.2) is 163 Å². The van der Waals surface area contributed by atoms with Gasteiger partial charge in [-0.3, -0.25) is 4.99 Å². The standard InChI is InChI=1S/C50H41N3O2/c1-2-11-29(10-1)43-28-44(30-20-21-31(26-30)47-46-40-15-6-8-19-45(40)55-49(46)39-14-5-7-18-42(39)51-47)53-50(52-43)38-23-22-36(33-12-3-4-13-34(33)38)41-27-32-24-25-54-48(32)37-17-9-16-35(37)41/h1,4-5,7-11,13-14,16,18-25,28,33,36,41,50,52H,2-3,6,12,15,17,26-27H2/t33?,36?,41?,50-/m0/s1. The number of furan rings is 2. The zero-order valence-corrected chi connectivity index (χ0v) is 30.7. The normalized spacial score (nSPS) is 26.1. The average molecular weight is 716 g/mol. The van der Waals surface area contributed by atoms with Crippen LogP contribution >= 0.6 is 0 Å². The van der Waals surface area contributed by atoms with Crippen LogP contribution in [0.5, 0.6) is 0 Å². The molecule has 1 aliphatic heterocycles. The lowest BCUT2D eigenvalue weighted by Gasteiger charge is -2.41. The minimum absolute atomic E-state index is 0.182. The van der Waals surface area contributed by atoms with Gasteiger partial charge in [-0.25, -0.2) is 4.98 Å². The monoisotopic (exact) mass is 715 g/mol. The first-order chi connectivity index (χ1) is 27.2. The predicted molar refractivity (Wildman–Crippen MR) is 222 cm³/mol. The van der Waals surface area contributed by atoms with E-state index in [-0.39, 0.29) is 6.17 Å². The molecule has 0 saturated heterocycles. The second-order valence-electron chi connectivity index (χ2n) is 16.1. The van der Waals surface area contributed by atoms with Crippen molar-refractivity contribution < 1.29 is 8.83 Å². The van der Waals surface area contributed by atoms with Crippen LogP contribution < -0.4 is 5.32 Å². The number of rotatable bonds is 5. The molecule has 12 rings (SSSR count). The molecule has 5 nitrogen and oxygen atoms in total. The molecule has 268 valence electrons. The van der Waals surface area contributed by atoms with Crippen molar-refractivity contribution in [3.63, 3.8) is 0 Å². The van der Waals surface area contributed by atoms with Crippen molar-refractivity contribution in [2.45, 2.75) is 57.5 Å². The molecule has 0 fully saturated rings. The highest BCUT2D eigenvalue weighted by Gasteiger charge is 2.41. The Labute approximate surface area is 320 Å². The summed E-state index contributed by atoms with van der Waals surface area (Å²) < 4.78 is 12.6. The van der Waals surface area contributed by atoms with Crippen molar-refractivity contribution in [2.24, 2.45) is 22.7 Å². The molecule has 8 aliphatic rings. The number of benzene rings is 1. The summed E-state index contributed by atoms with van der Waals surface area (Å²) in [6.07, 6.45) is 42.1. The minimum Gasteiger partial charge on any atom is -0.464 e. The maximum Gasteiger partial charge on any atom is 0.146 e. The topological polar surface area (TPSA) is 63.6 Å². The van der Waals surface area contributed by atoms with E-state index in [1.165, 1.54) is 55.5 Å². The molecule has 3 aromatic heterocycles. The van der Waals surface area contributed by atoms with Gasteiger partial charge in [0.15, 0.2) is 0 Å². The Kier molecular flexibility index (Phi) is 7.02. The molecule has 4 aromatic rings. The van der Waals surface area contributed by atoms with Crippen LogP contribution in [-0.2, 0) is 12.8 Å². The number of nitrogens with one attached hydrogen (secondary N) is 1. The van der Waals surface area contributed by atoms with Crippen molar-refractivity contribution in [3.8, 4) is 0 Å². The van der Waals surface area contributed by atoms with Crippen molar-refractivity contribution >= 4 is 44.8 Å². The molecule has 4 heterocycles. The molecule has 1 aromatic carbocycles. The average Bonchev–Trinajstić information content (AvgIpc) is 4.09. The molecule has 0 amide bonds. The second kappa shape index (κ2) is 12.3. The third kappa shape index (κ3) is 4.91. The van der Waals surface area contributed by atoms with Crippen LogP contribution in [0.3, 0.4) is 0 Å². The fourth-order valence-electron chi connectivity index (χ4n) is 10.6. The van der Waals surface area contributed by atoms with E-state index in [0.29, 0.717) is 17.8 Å². The van der Waals surface area contributed by atoms with E-state index in [0.717, 1.165) is 96.5 Å². The van der Waals surface area contributed by atoms with Crippen molar-refractivity contribution in [1.82, 2.24) is 10.3 Å². The summed E-state index contributed by atoms with van der Waals surface area (Å²) in [5.41, 5.74) is 17.1. The van der Waals surface area contributed by atoms with Gasteiger partial charge in [0.05, 0.1) is 28.6 Å². The maximum atomic E-state index is 6.57. The third-order valence-electron chi connectivity index (χ3n) is 13.1. The highest BCUT2D eigenvalue weighted by molar-refractivity contribution is 6.14. The molecule has 0 radical (unpaired) electrons. The van der Waals surface area contributed by atoms with Gasteiger partial charge in [0, 0.05) is 28.6 Å². The Morgan fingerprint density at radius 2 is 1.76 bits per heavy atom. The van der Waals surface area contributed by atoms with Crippen molar-refractivity contribution in [3.05, 3.63) is 177 Å². The molecule has 7 aliphatic carbocycles. The summed E-state index contributed by atoms with van der Waals surface area (Å²) >= 11 is 0. The van der Waals surface area contributed by atoms with Gasteiger partial charge in [0.2, 0.25) is 0 Å². The zero-order chi connectivity index (χ0) is 36.0. The van der Waals surface area contributed by atoms with Crippen LogP contribution in [0.2, 0.25) is 0 Å². The van der Waals surface area contributed by atoms with E-state index >= 15 is 0 Å². The van der Waals surface area contributed by atoms with Gasteiger partial charge in [-0.15, -0.1) is 0 Å². The van der Waals surface area contributed by atoms with Crippen LogP contribution in [-0.4, -0.2) is 16.9 Å². The van der Waals surface area contributed by atoms with Crippen molar-refractivity contribution in [1.29, 1.82) is 0 Å². The number of fused-ring (bicyclic) bond motifs is 8. The highest BCUT2D eigenvalue weighted by atomic mass is 16.3. The number of hydrogen-bond acceptors (Lipinski definition) is 5. The largest absolute Gasteiger partial charge is 0.464 e. The Morgan fingerprint density at radius 3 is 2.73 bits per heavy atom. The molecular formula is C50H41N3O2. The SMILES string of the molecule is C1=CC(C2=CC(C3=CC=C(c4nc5ccccc5c5oc6c(c45)CCC=C6)C3)=N[C@@H](C3=C4C=CCCC4C(C4Cc5ccoc5C5=C4C=CC5)C=C3)N2)=CC1. The molecule has 3 unspecified atom stereocenters. The molecule has 0 spiro atoms. The lowest BCUT2D eigenvalue weighted by molar-refractivity contribution is 0.322. The summed E-state index contributed by atoms with van der Waals surface area (Å²) in [6.45, 7) is 0. The number of aliphatic imine (C=N–C) groups is 1. The van der Waals surface area contributed by atoms with Gasteiger partial charge >= 0.3 is 0 Å². The number of allylic oxidation sites excluding steroid dienone is 17. The summed E-state index contributed by atoms with van der Waals surface area (Å²) in [6, 6.07) is 10.6. The summed E-state index contributed by atoms with van der Waals surface area (Å²) in [7, 11) is 0. The lowest BCUT2D eigenvalue weighted by atomic mass is 9.64. The Bertz CT molecular complexity index is 2750. The van der Waals surface area contributed by atoms with Crippen LogP contribution in [0.4, 0.5) is 0 Å². The Hall–Kier alpha value is -5.94. The van der Waals surface area contributed by atoms with Gasteiger partial charge in [0.1, 0.15) is 23.3 Å². The maximum absolute atomic E-state index is 6.57. The van der Waals surface area contributed by atoms with Gasteiger partial charge < -0.3 is 14.2 Å². The van der Waals surface area contributed by atoms with E-state index in [4.69, 9.17) is 18.8 Å². The Morgan fingerprint density at radius 1 is 0.836 bits per heavy atom. The third-order valence-corrected chi connectivity index (χ3v) is 13.1. The smallest absolute Gasteiger partial charge is 0.146 e. The van der Waals surface area contributed by atoms with Crippen LogP contribution in [0.25, 0.3) is 39.1 Å². The number of nitrogens with zero attached hydrogens (tertiary/aromatic N) is 2. The molecule has 1 N–H and O–H groups in total. The van der Waals surface area contributed by atoms with Crippen LogP contribution in [0.1, 0.15) is 66.9 Å². The number of para-hydroxylation sites is 1. The minimum atomic E-state index is -0.182. The van der Waals surface area contributed by atoms with Gasteiger partial charge in [-0.1, -0.05) is 85.0 Å².